The predicted octanol–water partition coefficient (Wildman–Crippen LogP) is 1.80. The number of rotatable bonds is 6. The van der Waals surface area contributed by atoms with Gasteiger partial charge in [0.2, 0.25) is 0 Å². The van der Waals surface area contributed by atoms with Crippen LogP contribution in [-0.2, 0) is 24.8 Å². The van der Waals surface area contributed by atoms with Crippen molar-refractivity contribution in [1.29, 1.82) is 0 Å². The lowest BCUT2D eigenvalue weighted by Crippen LogP contribution is -2.43. The molecule has 25 heavy (non-hydrogen) atoms. The molecular formula is C18H25N5O2. The van der Waals surface area contributed by atoms with Crippen LogP contribution >= 0.6 is 0 Å². The van der Waals surface area contributed by atoms with E-state index in [-0.39, 0.29) is 11.9 Å². The lowest BCUT2D eigenvalue weighted by atomic mass is 10.0. The molecule has 7 nitrogen and oxygen atoms in total. The zero-order valence-corrected chi connectivity index (χ0v) is 14.9. The Morgan fingerprint density at radius 1 is 1.36 bits per heavy atom. The van der Waals surface area contributed by atoms with Gasteiger partial charge < -0.3 is 14.2 Å². The molecule has 7 heteroatoms. The molecule has 3 heterocycles. The van der Waals surface area contributed by atoms with Gasteiger partial charge in [-0.1, -0.05) is 5.21 Å². The van der Waals surface area contributed by atoms with Gasteiger partial charge in [-0.05, 0) is 37.8 Å². The van der Waals surface area contributed by atoms with Crippen molar-refractivity contribution in [1.82, 2.24) is 24.5 Å². The molecule has 1 aliphatic carbocycles. The lowest BCUT2D eigenvalue weighted by molar-refractivity contribution is 0.0348. The monoisotopic (exact) mass is 343 g/mol. The summed E-state index contributed by atoms with van der Waals surface area (Å²) in [4.78, 5) is 15.0. The first-order valence-electron chi connectivity index (χ1n) is 9.11. The van der Waals surface area contributed by atoms with Crippen LogP contribution < -0.4 is 0 Å². The molecule has 0 aromatic carbocycles. The number of hydrogen-bond acceptors (Lipinski definition) is 4. The Bertz CT molecular complexity index is 761. The molecule has 1 aliphatic heterocycles. The molecule has 2 aromatic rings. The number of aryl methyl sites for hydroxylation is 2. The fourth-order valence-electron chi connectivity index (χ4n) is 3.52. The first-order chi connectivity index (χ1) is 12.2. The van der Waals surface area contributed by atoms with Crippen LogP contribution in [0, 0.1) is 5.92 Å². The molecule has 0 N–H and O–H groups in total. The summed E-state index contributed by atoms with van der Waals surface area (Å²) in [5.41, 5.74) is 2.73. The number of aromatic nitrogens is 4. The highest BCUT2D eigenvalue weighted by atomic mass is 16.5. The third-order valence-corrected chi connectivity index (χ3v) is 5.20. The SMILES string of the molecule is CCn1nnc2c1CCN(C(=O)c1cccn1C)C2COCC1CC1. The van der Waals surface area contributed by atoms with Gasteiger partial charge in [0.25, 0.3) is 5.91 Å². The van der Waals surface area contributed by atoms with Crippen LogP contribution in [0.1, 0.15) is 47.7 Å². The Morgan fingerprint density at radius 3 is 2.88 bits per heavy atom. The summed E-state index contributed by atoms with van der Waals surface area (Å²) >= 11 is 0. The summed E-state index contributed by atoms with van der Waals surface area (Å²) in [6, 6.07) is 3.60. The van der Waals surface area contributed by atoms with Crippen molar-refractivity contribution in [3.8, 4) is 0 Å². The number of amides is 1. The van der Waals surface area contributed by atoms with Crippen LogP contribution in [0.4, 0.5) is 0 Å². The van der Waals surface area contributed by atoms with E-state index in [2.05, 4.69) is 17.2 Å². The molecular weight excluding hydrogens is 318 g/mol. The molecule has 0 saturated heterocycles. The molecule has 4 rings (SSSR count). The standard InChI is InChI=1S/C18H25N5O2/c1-3-23-14-8-10-22(18(24)15-5-4-9-21(15)2)16(17(14)19-20-23)12-25-11-13-6-7-13/h4-5,9,13,16H,3,6-8,10-12H2,1-2H3. The zero-order chi connectivity index (χ0) is 17.4. The summed E-state index contributed by atoms with van der Waals surface area (Å²) in [6.45, 7) is 4.79. The molecule has 2 aliphatic rings. The second kappa shape index (κ2) is 6.63. The van der Waals surface area contributed by atoms with Crippen molar-refractivity contribution < 1.29 is 9.53 Å². The molecule has 0 radical (unpaired) electrons. The van der Waals surface area contributed by atoms with E-state index in [0.717, 1.165) is 31.0 Å². The molecule has 2 aromatic heterocycles. The van der Waals surface area contributed by atoms with Crippen LogP contribution in [0.2, 0.25) is 0 Å². The summed E-state index contributed by atoms with van der Waals surface area (Å²) in [6.07, 6.45) is 5.20. The van der Waals surface area contributed by atoms with E-state index in [1.54, 1.807) is 0 Å². The minimum atomic E-state index is -0.162. The minimum absolute atomic E-state index is 0.0317. The first-order valence-corrected chi connectivity index (χ1v) is 9.11. The maximum Gasteiger partial charge on any atom is 0.271 e. The van der Waals surface area contributed by atoms with Gasteiger partial charge in [0.15, 0.2) is 0 Å². The van der Waals surface area contributed by atoms with Gasteiger partial charge in [0, 0.05) is 39.4 Å². The Hall–Kier alpha value is -2.15. The fourth-order valence-corrected chi connectivity index (χ4v) is 3.52. The van der Waals surface area contributed by atoms with E-state index in [1.165, 1.54) is 12.8 Å². The molecule has 1 amide bonds. The largest absolute Gasteiger partial charge is 0.379 e. The van der Waals surface area contributed by atoms with E-state index in [4.69, 9.17) is 4.74 Å². The predicted molar refractivity (Wildman–Crippen MR) is 92.1 cm³/mol. The van der Waals surface area contributed by atoms with Crippen LogP contribution in [-0.4, -0.2) is 50.1 Å². The van der Waals surface area contributed by atoms with E-state index in [1.807, 2.05) is 39.5 Å². The summed E-state index contributed by atoms with van der Waals surface area (Å²) in [7, 11) is 1.90. The second-order valence-corrected chi connectivity index (χ2v) is 6.99. The molecule has 1 saturated carbocycles. The van der Waals surface area contributed by atoms with E-state index >= 15 is 0 Å². The number of hydrogen-bond donors (Lipinski definition) is 0. The third-order valence-electron chi connectivity index (χ3n) is 5.20. The van der Waals surface area contributed by atoms with Gasteiger partial charge in [-0.3, -0.25) is 4.79 Å². The number of carbonyl (C=O) groups excluding carboxylic acids is 1. The number of ether oxygens (including phenoxy) is 1. The highest BCUT2D eigenvalue weighted by Gasteiger charge is 2.36. The van der Waals surface area contributed by atoms with Gasteiger partial charge in [0.05, 0.1) is 12.3 Å². The fraction of sp³-hybridized carbons (Fsp3) is 0.611. The minimum Gasteiger partial charge on any atom is -0.379 e. The van der Waals surface area contributed by atoms with Crippen molar-refractivity contribution in [2.24, 2.45) is 13.0 Å². The molecule has 0 spiro atoms. The maximum absolute atomic E-state index is 13.1. The van der Waals surface area contributed by atoms with Crippen LogP contribution in [0.3, 0.4) is 0 Å². The maximum atomic E-state index is 13.1. The quantitative estimate of drug-likeness (QED) is 0.802. The van der Waals surface area contributed by atoms with E-state index in [0.29, 0.717) is 24.8 Å². The Labute approximate surface area is 147 Å². The molecule has 134 valence electrons. The van der Waals surface area contributed by atoms with Crippen LogP contribution in [0.25, 0.3) is 0 Å². The highest BCUT2D eigenvalue weighted by molar-refractivity contribution is 5.93. The number of fused-ring (bicyclic) bond motifs is 1. The van der Waals surface area contributed by atoms with E-state index in [9.17, 15) is 4.79 Å². The van der Waals surface area contributed by atoms with Gasteiger partial charge in [-0.25, -0.2) is 4.68 Å². The van der Waals surface area contributed by atoms with Gasteiger partial charge in [-0.2, -0.15) is 0 Å². The average Bonchev–Trinajstić information content (AvgIpc) is 3.18. The number of nitrogens with zero attached hydrogens (tertiary/aromatic N) is 5. The smallest absolute Gasteiger partial charge is 0.271 e. The van der Waals surface area contributed by atoms with Crippen molar-refractivity contribution >= 4 is 5.91 Å². The summed E-state index contributed by atoms with van der Waals surface area (Å²) in [5.74, 6) is 0.732. The highest BCUT2D eigenvalue weighted by Crippen LogP contribution is 2.32. The molecule has 1 fully saturated rings. The van der Waals surface area contributed by atoms with Gasteiger partial charge >= 0.3 is 0 Å². The van der Waals surface area contributed by atoms with Gasteiger partial charge in [-0.15, -0.1) is 5.10 Å². The summed E-state index contributed by atoms with van der Waals surface area (Å²) in [5, 5.41) is 8.66. The zero-order valence-electron chi connectivity index (χ0n) is 14.9. The normalized spacial score (nSPS) is 19.9. The lowest BCUT2D eigenvalue weighted by Gasteiger charge is -2.34. The van der Waals surface area contributed by atoms with Crippen molar-refractivity contribution in [3.63, 3.8) is 0 Å². The van der Waals surface area contributed by atoms with Crippen molar-refractivity contribution in [3.05, 3.63) is 35.4 Å². The molecule has 0 bridgehead atoms. The second-order valence-electron chi connectivity index (χ2n) is 6.99. The average molecular weight is 343 g/mol. The first kappa shape index (κ1) is 16.3. The third kappa shape index (κ3) is 3.08. The summed E-state index contributed by atoms with van der Waals surface area (Å²) < 4.78 is 9.75. The van der Waals surface area contributed by atoms with Crippen LogP contribution in [0.5, 0.6) is 0 Å². The molecule has 1 atom stereocenters. The Kier molecular flexibility index (Phi) is 4.33. The molecule has 1 unspecified atom stereocenters. The topological polar surface area (TPSA) is 65.2 Å². The Morgan fingerprint density at radius 2 is 2.20 bits per heavy atom. The van der Waals surface area contributed by atoms with Crippen LogP contribution in [0.15, 0.2) is 18.3 Å². The van der Waals surface area contributed by atoms with Crippen molar-refractivity contribution in [2.45, 2.75) is 38.8 Å². The Balaban J connectivity index is 1.59. The number of carbonyl (C=O) groups is 1. The van der Waals surface area contributed by atoms with E-state index < -0.39 is 0 Å². The van der Waals surface area contributed by atoms with Crippen molar-refractivity contribution in [2.75, 3.05) is 19.8 Å². The van der Waals surface area contributed by atoms with Gasteiger partial charge in [0.1, 0.15) is 17.4 Å².